The Morgan fingerprint density at radius 2 is 2.12 bits per heavy atom. The van der Waals surface area contributed by atoms with Gasteiger partial charge in [0, 0.05) is 18.2 Å². The molecular formula is C12H13NO3S. The summed E-state index contributed by atoms with van der Waals surface area (Å²) < 4.78 is 0. The molecule has 0 aromatic heterocycles. The Balaban J connectivity index is 2.78. The summed E-state index contributed by atoms with van der Waals surface area (Å²) in [5.41, 5.74) is 0.707. The highest BCUT2D eigenvalue weighted by Gasteiger charge is 2.21. The standard InChI is InChI=1S/C12H13NO3S/c1-8(14)17-7-11(15)12(16)10-5-3-2-4-9(10)6-13/h2-5,11-12,15-16H,7H2,1H3. The van der Waals surface area contributed by atoms with Gasteiger partial charge in [-0.15, -0.1) is 0 Å². The molecule has 1 aromatic carbocycles. The number of aliphatic hydroxyl groups is 2. The molecule has 0 aliphatic carbocycles. The zero-order valence-electron chi connectivity index (χ0n) is 9.33. The number of benzene rings is 1. The first-order chi connectivity index (χ1) is 8.06. The first-order valence-electron chi connectivity index (χ1n) is 5.04. The Labute approximate surface area is 104 Å². The quantitative estimate of drug-likeness (QED) is 0.841. The summed E-state index contributed by atoms with van der Waals surface area (Å²) >= 11 is 0.944. The third-order valence-electron chi connectivity index (χ3n) is 2.22. The van der Waals surface area contributed by atoms with Crippen molar-refractivity contribution < 1.29 is 15.0 Å². The van der Waals surface area contributed by atoms with Crippen LogP contribution < -0.4 is 0 Å². The molecule has 0 heterocycles. The van der Waals surface area contributed by atoms with E-state index in [9.17, 15) is 15.0 Å². The lowest BCUT2D eigenvalue weighted by Gasteiger charge is -2.18. The Hall–Kier alpha value is -1.35. The highest BCUT2D eigenvalue weighted by Crippen LogP contribution is 2.22. The summed E-state index contributed by atoms with van der Waals surface area (Å²) in [5.74, 6) is 0.107. The van der Waals surface area contributed by atoms with Gasteiger partial charge in [0.25, 0.3) is 0 Å². The van der Waals surface area contributed by atoms with Gasteiger partial charge in [-0.25, -0.2) is 0 Å². The molecule has 4 nitrogen and oxygen atoms in total. The van der Waals surface area contributed by atoms with Gasteiger partial charge in [0.15, 0.2) is 5.12 Å². The summed E-state index contributed by atoms with van der Waals surface area (Å²) in [7, 11) is 0. The van der Waals surface area contributed by atoms with E-state index in [1.165, 1.54) is 6.92 Å². The van der Waals surface area contributed by atoms with E-state index >= 15 is 0 Å². The number of nitriles is 1. The van der Waals surface area contributed by atoms with Gasteiger partial charge in [0.2, 0.25) is 0 Å². The van der Waals surface area contributed by atoms with Crippen molar-refractivity contribution in [2.75, 3.05) is 5.75 Å². The van der Waals surface area contributed by atoms with Crippen LogP contribution >= 0.6 is 11.8 Å². The Morgan fingerprint density at radius 1 is 1.47 bits per heavy atom. The molecule has 0 spiro atoms. The second-order valence-electron chi connectivity index (χ2n) is 3.51. The molecule has 2 unspecified atom stereocenters. The van der Waals surface area contributed by atoms with Crippen LogP contribution in [0.25, 0.3) is 0 Å². The maximum atomic E-state index is 10.7. The number of hydrogen-bond donors (Lipinski definition) is 2. The van der Waals surface area contributed by atoms with E-state index in [2.05, 4.69) is 0 Å². The molecular weight excluding hydrogens is 238 g/mol. The second-order valence-corrected chi connectivity index (χ2v) is 4.71. The first kappa shape index (κ1) is 13.7. The number of carbonyl (C=O) groups is 1. The van der Waals surface area contributed by atoms with Crippen molar-refractivity contribution in [3.8, 4) is 6.07 Å². The zero-order valence-corrected chi connectivity index (χ0v) is 10.1. The molecule has 17 heavy (non-hydrogen) atoms. The molecule has 0 aliphatic rings. The van der Waals surface area contributed by atoms with Crippen molar-refractivity contribution in [2.45, 2.75) is 19.1 Å². The Kier molecular flexibility index (Phi) is 5.16. The van der Waals surface area contributed by atoms with E-state index < -0.39 is 12.2 Å². The number of thioether (sulfide) groups is 1. The van der Waals surface area contributed by atoms with Crippen LogP contribution in [0.1, 0.15) is 24.2 Å². The minimum atomic E-state index is -1.15. The molecule has 0 fully saturated rings. The van der Waals surface area contributed by atoms with Gasteiger partial charge in [0.1, 0.15) is 6.10 Å². The van der Waals surface area contributed by atoms with Crippen LogP contribution in [0, 0.1) is 11.3 Å². The van der Waals surface area contributed by atoms with Crippen LogP contribution in [-0.2, 0) is 4.79 Å². The first-order valence-corrected chi connectivity index (χ1v) is 6.03. The minimum absolute atomic E-state index is 0.107. The van der Waals surface area contributed by atoms with Crippen LogP contribution in [-0.4, -0.2) is 27.2 Å². The van der Waals surface area contributed by atoms with Gasteiger partial charge in [-0.05, 0) is 6.07 Å². The fourth-order valence-electron chi connectivity index (χ4n) is 1.36. The predicted octanol–water partition coefficient (Wildman–Crippen LogP) is 1.23. The van der Waals surface area contributed by atoms with Crippen molar-refractivity contribution in [2.24, 2.45) is 0 Å². The van der Waals surface area contributed by atoms with Gasteiger partial charge in [-0.2, -0.15) is 5.26 Å². The number of nitrogens with zero attached hydrogens (tertiary/aromatic N) is 1. The van der Waals surface area contributed by atoms with E-state index in [-0.39, 0.29) is 10.9 Å². The molecule has 0 saturated heterocycles. The Bertz CT molecular complexity index is 442. The fourth-order valence-corrected chi connectivity index (χ4v) is 1.95. The normalized spacial score (nSPS) is 13.8. The molecule has 1 rings (SSSR count). The Morgan fingerprint density at radius 3 is 2.71 bits per heavy atom. The largest absolute Gasteiger partial charge is 0.389 e. The van der Waals surface area contributed by atoms with Gasteiger partial charge >= 0.3 is 0 Å². The molecule has 0 aliphatic heterocycles. The third kappa shape index (κ3) is 3.86. The zero-order chi connectivity index (χ0) is 12.8. The molecule has 90 valence electrons. The lowest BCUT2D eigenvalue weighted by atomic mass is 10.0. The second kappa shape index (κ2) is 6.40. The SMILES string of the molecule is CC(=O)SCC(O)C(O)c1ccccc1C#N. The van der Waals surface area contributed by atoms with Gasteiger partial charge in [0.05, 0.1) is 17.7 Å². The maximum Gasteiger partial charge on any atom is 0.185 e. The summed E-state index contributed by atoms with van der Waals surface area (Å²) in [5, 5.41) is 28.3. The average molecular weight is 251 g/mol. The van der Waals surface area contributed by atoms with E-state index in [0.29, 0.717) is 11.1 Å². The van der Waals surface area contributed by atoms with Crippen molar-refractivity contribution in [1.82, 2.24) is 0 Å². The van der Waals surface area contributed by atoms with Crippen molar-refractivity contribution >= 4 is 16.9 Å². The monoisotopic (exact) mass is 251 g/mol. The van der Waals surface area contributed by atoms with E-state index in [1.807, 2.05) is 6.07 Å². The third-order valence-corrected chi connectivity index (χ3v) is 3.14. The van der Waals surface area contributed by atoms with Gasteiger partial charge in [-0.3, -0.25) is 4.79 Å². The van der Waals surface area contributed by atoms with Crippen LogP contribution in [0.4, 0.5) is 0 Å². The van der Waals surface area contributed by atoms with Gasteiger partial charge in [-0.1, -0.05) is 30.0 Å². The highest BCUT2D eigenvalue weighted by atomic mass is 32.2. The molecule has 0 radical (unpaired) electrons. The molecule has 0 amide bonds. The molecule has 0 saturated carbocycles. The lowest BCUT2D eigenvalue weighted by Crippen LogP contribution is -2.22. The van der Waals surface area contributed by atoms with E-state index in [0.717, 1.165) is 11.8 Å². The summed E-state index contributed by atoms with van der Waals surface area (Å²) in [6, 6.07) is 8.48. The fraction of sp³-hybridized carbons (Fsp3) is 0.333. The van der Waals surface area contributed by atoms with Crippen LogP contribution in [0.15, 0.2) is 24.3 Å². The number of aliphatic hydroxyl groups excluding tert-OH is 2. The average Bonchev–Trinajstić information content (AvgIpc) is 2.34. The molecule has 2 N–H and O–H groups in total. The summed E-state index contributed by atoms with van der Waals surface area (Å²) in [4.78, 5) is 10.7. The predicted molar refractivity (Wildman–Crippen MR) is 65.3 cm³/mol. The van der Waals surface area contributed by atoms with Crippen LogP contribution in [0.2, 0.25) is 0 Å². The topological polar surface area (TPSA) is 81.3 Å². The van der Waals surface area contributed by atoms with Crippen molar-refractivity contribution in [3.05, 3.63) is 35.4 Å². The van der Waals surface area contributed by atoms with Crippen LogP contribution in [0.5, 0.6) is 0 Å². The summed E-state index contributed by atoms with van der Waals surface area (Å²) in [6.45, 7) is 1.40. The van der Waals surface area contributed by atoms with Gasteiger partial charge < -0.3 is 10.2 Å². The molecule has 5 heteroatoms. The van der Waals surface area contributed by atoms with Crippen LogP contribution in [0.3, 0.4) is 0 Å². The smallest absolute Gasteiger partial charge is 0.185 e. The molecule has 2 atom stereocenters. The van der Waals surface area contributed by atoms with E-state index in [4.69, 9.17) is 5.26 Å². The molecule has 0 bridgehead atoms. The minimum Gasteiger partial charge on any atom is -0.389 e. The number of hydrogen-bond acceptors (Lipinski definition) is 5. The highest BCUT2D eigenvalue weighted by molar-refractivity contribution is 8.13. The molecule has 1 aromatic rings. The maximum absolute atomic E-state index is 10.7. The number of carbonyl (C=O) groups excluding carboxylic acids is 1. The lowest BCUT2D eigenvalue weighted by molar-refractivity contribution is -0.109. The van der Waals surface area contributed by atoms with Crippen molar-refractivity contribution in [3.63, 3.8) is 0 Å². The van der Waals surface area contributed by atoms with E-state index in [1.54, 1.807) is 24.3 Å². The van der Waals surface area contributed by atoms with Crippen molar-refractivity contribution in [1.29, 1.82) is 5.26 Å². The summed E-state index contributed by atoms with van der Waals surface area (Å²) in [6.07, 6.45) is -2.23. The number of rotatable bonds is 4.